The van der Waals surface area contributed by atoms with Gasteiger partial charge in [0.15, 0.2) is 0 Å². The lowest BCUT2D eigenvalue weighted by Crippen LogP contribution is -2.12. The van der Waals surface area contributed by atoms with Crippen LogP contribution in [-0.4, -0.2) is 13.9 Å². The average molecular weight is 367 g/mol. The van der Waals surface area contributed by atoms with Crippen molar-refractivity contribution in [3.8, 4) is 5.75 Å². The fourth-order valence-electron chi connectivity index (χ4n) is 0.975. The topological polar surface area (TPSA) is 69.6 Å². The Morgan fingerprint density at radius 1 is 1.38 bits per heavy atom. The van der Waals surface area contributed by atoms with Crippen molar-refractivity contribution in [3.05, 3.63) is 21.3 Å². The molecule has 0 saturated carbocycles. The van der Waals surface area contributed by atoms with Gasteiger partial charge in [0.25, 0.3) is 11.3 Å². The van der Waals surface area contributed by atoms with E-state index in [0.717, 1.165) is 6.07 Å². The molecule has 0 aliphatic rings. The monoisotopic (exact) mass is 367 g/mol. The Morgan fingerprint density at radius 3 is 2.38 bits per heavy atom. The van der Waals surface area contributed by atoms with Crippen LogP contribution in [0.2, 0.25) is 0 Å². The van der Waals surface area contributed by atoms with Crippen LogP contribution in [0.25, 0.3) is 0 Å². The van der Waals surface area contributed by atoms with E-state index in [0.29, 0.717) is 6.07 Å². The maximum Gasteiger partial charge on any atom is 0.418 e. The highest BCUT2D eigenvalue weighted by atomic mass is 127. The lowest BCUT2D eigenvalue weighted by molar-refractivity contribution is -0.137. The third kappa shape index (κ3) is 3.22. The van der Waals surface area contributed by atoms with E-state index >= 15 is 0 Å². The summed E-state index contributed by atoms with van der Waals surface area (Å²) in [6.07, 6.45) is -4.72. The number of hydrogen-bond acceptors (Lipinski definition) is 2. The minimum Gasteiger partial charge on any atom is -0.507 e. The van der Waals surface area contributed by atoms with E-state index in [2.05, 4.69) is 0 Å². The van der Waals surface area contributed by atoms with Gasteiger partial charge in [0, 0.05) is 0 Å². The second kappa shape index (κ2) is 4.75. The lowest BCUT2D eigenvalue weighted by atomic mass is 10.1. The number of anilines is 1. The van der Waals surface area contributed by atoms with Gasteiger partial charge < -0.3 is 5.11 Å². The van der Waals surface area contributed by atoms with Crippen LogP contribution in [0.5, 0.6) is 5.75 Å². The van der Waals surface area contributed by atoms with Crippen LogP contribution in [0.4, 0.5) is 18.9 Å². The van der Waals surface area contributed by atoms with Gasteiger partial charge in [-0.25, -0.2) is 4.21 Å². The fraction of sp³-hybridized carbons (Fsp3) is 0.143. The molecule has 0 fully saturated rings. The van der Waals surface area contributed by atoms with Gasteiger partial charge in [0.1, 0.15) is 5.75 Å². The highest BCUT2D eigenvalue weighted by molar-refractivity contribution is 14.1. The van der Waals surface area contributed by atoms with Gasteiger partial charge >= 0.3 is 6.18 Å². The number of phenols is 1. The number of phenolic OH excluding ortho intramolecular Hbond substituents is 1. The smallest absolute Gasteiger partial charge is 0.418 e. The van der Waals surface area contributed by atoms with Gasteiger partial charge in [0.05, 0.1) is 14.8 Å². The molecule has 0 aromatic heterocycles. The molecule has 1 aromatic rings. The van der Waals surface area contributed by atoms with Crippen molar-refractivity contribution in [2.45, 2.75) is 6.18 Å². The third-order valence-corrected chi connectivity index (χ3v) is 2.85. The van der Waals surface area contributed by atoms with E-state index in [1.165, 1.54) is 0 Å². The van der Waals surface area contributed by atoms with Crippen molar-refractivity contribution in [2.24, 2.45) is 0 Å². The molecule has 1 rings (SSSR count). The summed E-state index contributed by atoms with van der Waals surface area (Å²) in [5.74, 6) is -0.540. The van der Waals surface area contributed by atoms with Crippen molar-refractivity contribution in [2.75, 3.05) is 4.72 Å². The van der Waals surface area contributed by atoms with Gasteiger partial charge in [-0.2, -0.15) is 13.2 Å². The van der Waals surface area contributed by atoms with Gasteiger partial charge in [-0.1, -0.05) is 0 Å². The summed E-state index contributed by atoms with van der Waals surface area (Å²) in [5, 5.41) is 9.15. The SMILES string of the molecule is O=S(O)Nc1cc(I)c(O)cc1C(F)(F)F. The van der Waals surface area contributed by atoms with Gasteiger partial charge in [-0.15, -0.1) is 0 Å². The molecular formula is C7H5F3INO3S. The minimum atomic E-state index is -4.72. The molecular weight excluding hydrogens is 362 g/mol. The summed E-state index contributed by atoms with van der Waals surface area (Å²) in [4.78, 5) is 0. The Bertz CT molecular complexity index is 438. The molecule has 90 valence electrons. The first-order chi connectivity index (χ1) is 7.21. The minimum absolute atomic E-state index is 0.138. The van der Waals surface area contributed by atoms with Crippen LogP contribution in [0.1, 0.15) is 5.56 Å². The van der Waals surface area contributed by atoms with Crippen molar-refractivity contribution in [1.29, 1.82) is 0 Å². The third-order valence-electron chi connectivity index (χ3n) is 1.59. The zero-order valence-electron chi connectivity index (χ0n) is 7.38. The molecule has 0 spiro atoms. The molecule has 1 aromatic carbocycles. The normalized spacial score (nSPS) is 13.6. The van der Waals surface area contributed by atoms with Crippen molar-refractivity contribution < 1.29 is 27.0 Å². The predicted molar refractivity (Wildman–Crippen MR) is 60.2 cm³/mol. The summed E-state index contributed by atoms with van der Waals surface area (Å²) in [5.41, 5.74) is -1.76. The number of halogens is 4. The maximum atomic E-state index is 12.5. The number of rotatable bonds is 2. The summed E-state index contributed by atoms with van der Waals surface area (Å²) >= 11 is -1.01. The summed E-state index contributed by atoms with van der Waals surface area (Å²) in [7, 11) is 0. The van der Waals surface area contributed by atoms with Crippen LogP contribution >= 0.6 is 22.6 Å². The van der Waals surface area contributed by atoms with Crippen molar-refractivity contribution in [1.82, 2.24) is 0 Å². The number of benzene rings is 1. The lowest BCUT2D eigenvalue weighted by Gasteiger charge is -2.13. The molecule has 0 heterocycles. The Morgan fingerprint density at radius 2 is 1.94 bits per heavy atom. The molecule has 0 amide bonds. The maximum absolute atomic E-state index is 12.5. The van der Waals surface area contributed by atoms with Crippen molar-refractivity contribution in [3.63, 3.8) is 0 Å². The van der Waals surface area contributed by atoms with Gasteiger partial charge in [-0.05, 0) is 34.7 Å². The van der Waals surface area contributed by atoms with Crippen molar-refractivity contribution >= 4 is 39.5 Å². The molecule has 0 radical (unpaired) electrons. The molecule has 9 heteroatoms. The molecule has 0 bridgehead atoms. The summed E-state index contributed by atoms with van der Waals surface area (Å²) < 4.78 is 58.2. The summed E-state index contributed by atoms with van der Waals surface area (Å²) in [6, 6.07) is 1.43. The second-order valence-electron chi connectivity index (χ2n) is 2.70. The Labute approximate surface area is 104 Å². The average Bonchev–Trinajstić information content (AvgIpc) is 2.08. The Balaban J connectivity index is 3.33. The standard InChI is InChI=1S/C7H5F3INO3S/c8-7(9,10)3-1-6(13)4(11)2-5(3)12-16(14)15/h1-2,12-13H,(H,14,15). The fourth-order valence-corrected chi connectivity index (χ4v) is 1.80. The molecule has 16 heavy (non-hydrogen) atoms. The number of hydrogen-bond donors (Lipinski definition) is 3. The second-order valence-corrected chi connectivity index (χ2v) is 4.56. The number of aromatic hydroxyl groups is 1. The predicted octanol–water partition coefficient (Wildman–Crippen LogP) is 2.56. The highest BCUT2D eigenvalue weighted by Crippen LogP contribution is 2.38. The number of alkyl halides is 3. The molecule has 0 aliphatic carbocycles. The van der Waals surface area contributed by atoms with E-state index < -0.39 is 34.4 Å². The molecule has 1 atom stereocenters. The quantitative estimate of drug-likeness (QED) is 0.428. The molecule has 3 N–H and O–H groups in total. The molecule has 1 unspecified atom stereocenters. The Hall–Kier alpha value is -0.550. The van der Waals surface area contributed by atoms with Gasteiger partial charge in [-0.3, -0.25) is 9.27 Å². The zero-order chi connectivity index (χ0) is 12.5. The molecule has 0 saturated heterocycles. The Kier molecular flexibility index (Phi) is 4.02. The largest absolute Gasteiger partial charge is 0.507 e. The highest BCUT2D eigenvalue weighted by Gasteiger charge is 2.34. The first kappa shape index (κ1) is 13.5. The van der Waals surface area contributed by atoms with Crippen LogP contribution in [0.15, 0.2) is 12.1 Å². The van der Waals surface area contributed by atoms with E-state index in [4.69, 9.17) is 9.66 Å². The first-order valence-electron chi connectivity index (χ1n) is 3.69. The zero-order valence-corrected chi connectivity index (χ0v) is 10.4. The van der Waals surface area contributed by atoms with E-state index in [1.54, 1.807) is 27.3 Å². The van der Waals surface area contributed by atoms with E-state index in [9.17, 15) is 17.4 Å². The van der Waals surface area contributed by atoms with Crippen LogP contribution < -0.4 is 4.72 Å². The van der Waals surface area contributed by atoms with Crippen LogP contribution in [0.3, 0.4) is 0 Å². The first-order valence-corrected chi connectivity index (χ1v) is 5.87. The summed E-state index contributed by atoms with van der Waals surface area (Å²) in [6.45, 7) is 0. The van der Waals surface area contributed by atoms with E-state index in [1.807, 2.05) is 0 Å². The van der Waals surface area contributed by atoms with E-state index in [-0.39, 0.29) is 3.57 Å². The van der Waals surface area contributed by atoms with Gasteiger partial charge in [0.2, 0.25) is 0 Å². The molecule has 0 aliphatic heterocycles. The van der Waals surface area contributed by atoms with Crippen LogP contribution in [-0.2, 0) is 17.4 Å². The molecule has 4 nitrogen and oxygen atoms in total. The van der Waals surface area contributed by atoms with Crippen LogP contribution in [0, 0.1) is 3.57 Å². The number of nitrogens with one attached hydrogen (secondary N) is 1.